The van der Waals surface area contributed by atoms with E-state index in [0.29, 0.717) is 12.2 Å². The van der Waals surface area contributed by atoms with Crippen molar-refractivity contribution >= 4 is 5.97 Å². The summed E-state index contributed by atoms with van der Waals surface area (Å²) in [6, 6.07) is 17.6. The van der Waals surface area contributed by atoms with Crippen molar-refractivity contribution < 1.29 is 14.4 Å². The number of carbonyl (C=O) groups excluding carboxylic acids is 1. The van der Waals surface area contributed by atoms with Gasteiger partial charge in [-0.1, -0.05) is 48.0 Å². The number of hydrogen-bond acceptors (Lipinski definition) is 4. The largest absolute Gasteiger partial charge is 0.459 e. The molecule has 0 atom stereocenters. The van der Waals surface area contributed by atoms with Crippen LogP contribution in [-0.4, -0.2) is 28.2 Å². The first-order chi connectivity index (χ1) is 13.2. The molecule has 0 unspecified atom stereocenters. The average Bonchev–Trinajstić information content (AvgIpc) is 2.60. The minimum Gasteiger partial charge on any atom is -0.459 e. The number of aryl methyl sites for hydroxylation is 1. The summed E-state index contributed by atoms with van der Waals surface area (Å²) in [5.41, 5.74) is 2.46. The van der Waals surface area contributed by atoms with Crippen LogP contribution in [-0.2, 0) is 16.2 Å². The molecule has 0 aromatic heterocycles. The van der Waals surface area contributed by atoms with Crippen LogP contribution in [0.4, 0.5) is 0 Å². The minimum absolute atomic E-state index is 0.142. The molecule has 2 aromatic carbocycles. The number of benzene rings is 2. The second kappa shape index (κ2) is 8.06. The van der Waals surface area contributed by atoms with Crippen molar-refractivity contribution in [3.63, 3.8) is 0 Å². The van der Waals surface area contributed by atoms with Gasteiger partial charge in [-0.2, -0.15) is 5.06 Å². The third kappa shape index (κ3) is 4.81. The molecule has 1 aliphatic rings. The topological polar surface area (TPSA) is 38.8 Å². The molecule has 3 rings (SSSR count). The highest BCUT2D eigenvalue weighted by Gasteiger charge is 2.47. The van der Waals surface area contributed by atoms with Gasteiger partial charge in [-0.3, -0.25) is 4.84 Å². The van der Waals surface area contributed by atoms with Crippen LogP contribution in [0, 0.1) is 6.92 Å². The van der Waals surface area contributed by atoms with Gasteiger partial charge in [0.2, 0.25) is 0 Å². The second-order valence-corrected chi connectivity index (χ2v) is 8.98. The molecule has 150 valence electrons. The quantitative estimate of drug-likeness (QED) is 0.658. The second-order valence-electron chi connectivity index (χ2n) is 8.98. The number of ether oxygens (including phenoxy) is 1. The third-order valence-electron chi connectivity index (χ3n) is 5.28. The normalized spacial score (nSPS) is 19.3. The van der Waals surface area contributed by atoms with Gasteiger partial charge in [-0.05, 0) is 52.3 Å². The van der Waals surface area contributed by atoms with Crippen molar-refractivity contribution in [2.75, 3.05) is 0 Å². The van der Waals surface area contributed by atoms with Gasteiger partial charge in [0.1, 0.15) is 6.10 Å². The van der Waals surface area contributed by atoms with Crippen molar-refractivity contribution in [1.82, 2.24) is 5.06 Å². The summed E-state index contributed by atoms with van der Waals surface area (Å²) in [5.74, 6) is -0.258. The first kappa shape index (κ1) is 20.6. The van der Waals surface area contributed by atoms with E-state index in [1.165, 1.54) is 5.56 Å². The zero-order chi connectivity index (χ0) is 20.4. The fraction of sp³-hybridized carbons (Fsp3) is 0.458. The van der Waals surface area contributed by atoms with E-state index in [-0.39, 0.29) is 23.2 Å². The van der Waals surface area contributed by atoms with Crippen molar-refractivity contribution in [3.05, 3.63) is 71.3 Å². The molecule has 4 heteroatoms. The molecule has 1 aliphatic heterocycles. The Morgan fingerprint density at radius 1 is 1.00 bits per heavy atom. The monoisotopic (exact) mass is 381 g/mol. The molecule has 28 heavy (non-hydrogen) atoms. The Bertz CT molecular complexity index is 796. The molecule has 0 aliphatic carbocycles. The maximum Gasteiger partial charge on any atom is 0.338 e. The van der Waals surface area contributed by atoms with Crippen molar-refractivity contribution in [3.8, 4) is 0 Å². The Labute approximate surface area is 168 Å². The smallest absolute Gasteiger partial charge is 0.338 e. The fourth-order valence-corrected chi connectivity index (χ4v) is 4.34. The van der Waals surface area contributed by atoms with Crippen LogP contribution in [0.1, 0.15) is 62.0 Å². The standard InChI is InChI=1S/C24H31NO3/c1-18-10-9-11-19(14-18)17-27-25-23(2,3)15-21(16-24(25,4)5)28-22(26)20-12-7-6-8-13-20/h6-14,21H,15-17H2,1-5H3. The van der Waals surface area contributed by atoms with E-state index in [1.807, 2.05) is 18.2 Å². The number of rotatable bonds is 5. The Hall–Kier alpha value is -2.17. The van der Waals surface area contributed by atoms with Crippen LogP contribution in [0.15, 0.2) is 54.6 Å². The van der Waals surface area contributed by atoms with Gasteiger partial charge in [0.25, 0.3) is 0 Å². The molecule has 4 nitrogen and oxygen atoms in total. The first-order valence-corrected chi connectivity index (χ1v) is 9.92. The summed E-state index contributed by atoms with van der Waals surface area (Å²) >= 11 is 0. The maximum absolute atomic E-state index is 12.5. The molecule has 0 saturated carbocycles. The van der Waals surface area contributed by atoms with Crippen LogP contribution in [0.25, 0.3) is 0 Å². The van der Waals surface area contributed by atoms with E-state index in [4.69, 9.17) is 9.57 Å². The Morgan fingerprint density at radius 3 is 2.25 bits per heavy atom. The van der Waals surface area contributed by atoms with E-state index >= 15 is 0 Å². The molecular weight excluding hydrogens is 350 g/mol. The lowest BCUT2D eigenvalue weighted by atomic mass is 9.80. The average molecular weight is 382 g/mol. The van der Waals surface area contributed by atoms with Crippen LogP contribution in [0.3, 0.4) is 0 Å². The number of hydrogen-bond donors (Lipinski definition) is 0. The van der Waals surface area contributed by atoms with E-state index in [0.717, 1.165) is 18.4 Å². The first-order valence-electron chi connectivity index (χ1n) is 9.92. The minimum atomic E-state index is -0.258. The summed E-state index contributed by atoms with van der Waals surface area (Å²) in [6.07, 6.45) is 1.31. The van der Waals surface area contributed by atoms with E-state index < -0.39 is 0 Å². The number of esters is 1. The molecule has 1 saturated heterocycles. The van der Waals surface area contributed by atoms with E-state index in [2.05, 4.69) is 63.9 Å². The lowest BCUT2D eigenvalue weighted by molar-refractivity contribution is -0.298. The summed E-state index contributed by atoms with van der Waals surface area (Å²) in [7, 11) is 0. The number of carbonyl (C=O) groups is 1. The highest BCUT2D eigenvalue weighted by Crippen LogP contribution is 2.40. The molecule has 0 amide bonds. The van der Waals surface area contributed by atoms with Crippen LogP contribution < -0.4 is 0 Å². The summed E-state index contributed by atoms with van der Waals surface area (Å²) in [4.78, 5) is 18.8. The highest BCUT2D eigenvalue weighted by atomic mass is 16.7. The van der Waals surface area contributed by atoms with Gasteiger partial charge in [-0.25, -0.2) is 4.79 Å². The van der Waals surface area contributed by atoms with Crippen LogP contribution in [0.5, 0.6) is 0 Å². The molecule has 0 radical (unpaired) electrons. The number of piperidine rings is 1. The van der Waals surface area contributed by atoms with Gasteiger partial charge in [0, 0.05) is 23.9 Å². The molecule has 1 heterocycles. The number of hydroxylamine groups is 2. The van der Waals surface area contributed by atoms with Gasteiger partial charge in [0.05, 0.1) is 12.2 Å². The molecule has 0 N–H and O–H groups in total. The lowest BCUT2D eigenvalue weighted by Crippen LogP contribution is -2.61. The van der Waals surface area contributed by atoms with Crippen LogP contribution >= 0.6 is 0 Å². The molecule has 0 bridgehead atoms. The van der Waals surface area contributed by atoms with Gasteiger partial charge >= 0.3 is 5.97 Å². The molecular formula is C24H31NO3. The predicted octanol–water partition coefficient (Wildman–Crippen LogP) is 5.31. The summed E-state index contributed by atoms with van der Waals surface area (Å²) in [6.45, 7) is 11.2. The van der Waals surface area contributed by atoms with E-state index in [9.17, 15) is 4.79 Å². The SMILES string of the molecule is Cc1cccc(CON2C(C)(C)CC(OC(=O)c3ccccc3)CC2(C)C)c1. The zero-order valence-corrected chi connectivity index (χ0v) is 17.6. The third-order valence-corrected chi connectivity index (χ3v) is 5.28. The van der Waals surface area contributed by atoms with Gasteiger partial charge in [0.15, 0.2) is 0 Å². The molecule has 2 aromatic rings. The maximum atomic E-state index is 12.5. The highest BCUT2D eigenvalue weighted by molar-refractivity contribution is 5.89. The van der Waals surface area contributed by atoms with Crippen molar-refractivity contribution in [1.29, 1.82) is 0 Å². The molecule has 0 spiro atoms. The molecule has 1 fully saturated rings. The predicted molar refractivity (Wildman–Crippen MR) is 111 cm³/mol. The van der Waals surface area contributed by atoms with Gasteiger partial charge in [-0.15, -0.1) is 0 Å². The van der Waals surface area contributed by atoms with Crippen molar-refractivity contribution in [2.45, 2.75) is 71.2 Å². The summed E-state index contributed by atoms with van der Waals surface area (Å²) in [5, 5.41) is 2.09. The fourth-order valence-electron chi connectivity index (χ4n) is 4.34. The zero-order valence-electron chi connectivity index (χ0n) is 17.6. The van der Waals surface area contributed by atoms with Crippen molar-refractivity contribution in [2.24, 2.45) is 0 Å². The Kier molecular flexibility index (Phi) is 5.92. The Balaban J connectivity index is 1.68. The van der Waals surface area contributed by atoms with Crippen LogP contribution in [0.2, 0.25) is 0 Å². The van der Waals surface area contributed by atoms with Gasteiger partial charge < -0.3 is 4.74 Å². The number of nitrogens with zero attached hydrogens (tertiary/aromatic N) is 1. The Morgan fingerprint density at radius 2 is 1.64 bits per heavy atom. The lowest BCUT2D eigenvalue weighted by Gasteiger charge is -2.53. The van der Waals surface area contributed by atoms with E-state index in [1.54, 1.807) is 12.1 Å². The summed E-state index contributed by atoms with van der Waals surface area (Å²) < 4.78 is 5.85.